The van der Waals surface area contributed by atoms with E-state index >= 15 is 0 Å². The van der Waals surface area contributed by atoms with Crippen LogP contribution in [0.3, 0.4) is 0 Å². The van der Waals surface area contributed by atoms with Crippen molar-refractivity contribution in [3.63, 3.8) is 0 Å². The molecule has 158 valence electrons. The quantitative estimate of drug-likeness (QED) is 0.754. The zero-order valence-corrected chi connectivity index (χ0v) is 17.1. The highest BCUT2D eigenvalue weighted by molar-refractivity contribution is 6.06. The van der Waals surface area contributed by atoms with Crippen LogP contribution in [0, 0.1) is 0 Å². The van der Waals surface area contributed by atoms with Crippen LogP contribution in [0.4, 0.5) is 0 Å². The van der Waals surface area contributed by atoms with Gasteiger partial charge in [-0.1, -0.05) is 24.3 Å². The molecular formula is C24H23N3O4. The average molecular weight is 417 g/mol. The van der Waals surface area contributed by atoms with E-state index in [9.17, 15) is 19.2 Å². The average Bonchev–Trinajstić information content (AvgIpc) is 2.95. The lowest BCUT2D eigenvalue weighted by molar-refractivity contribution is -0.136. The topological polar surface area (TPSA) is 86.8 Å². The molecular weight excluding hydrogens is 394 g/mol. The summed E-state index contributed by atoms with van der Waals surface area (Å²) in [7, 11) is 0. The molecule has 3 aliphatic rings. The lowest BCUT2D eigenvalue weighted by Gasteiger charge is -2.29. The van der Waals surface area contributed by atoms with E-state index in [2.05, 4.69) is 17.4 Å². The summed E-state index contributed by atoms with van der Waals surface area (Å²) in [5.74, 6) is -1.01. The number of hydrogen-bond acceptors (Lipinski definition) is 4. The number of fused-ring (bicyclic) bond motifs is 2. The lowest BCUT2D eigenvalue weighted by atomic mass is 10.0. The minimum atomic E-state index is -0.652. The molecule has 3 heterocycles. The summed E-state index contributed by atoms with van der Waals surface area (Å²) in [6, 6.07) is 12.8. The van der Waals surface area contributed by atoms with E-state index in [0.29, 0.717) is 30.6 Å². The maximum atomic E-state index is 13.2. The van der Waals surface area contributed by atoms with Gasteiger partial charge in [-0.05, 0) is 54.2 Å². The molecule has 5 rings (SSSR count). The fourth-order valence-corrected chi connectivity index (χ4v) is 4.76. The van der Waals surface area contributed by atoms with Crippen molar-refractivity contribution >= 4 is 23.6 Å². The molecule has 2 aromatic carbocycles. The molecule has 4 amide bonds. The first-order valence-corrected chi connectivity index (χ1v) is 10.6. The van der Waals surface area contributed by atoms with E-state index in [4.69, 9.17) is 0 Å². The molecule has 2 aromatic rings. The van der Waals surface area contributed by atoms with E-state index in [-0.39, 0.29) is 30.7 Å². The molecule has 0 aromatic heterocycles. The van der Waals surface area contributed by atoms with Crippen molar-refractivity contribution in [3.05, 3.63) is 70.3 Å². The fraction of sp³-hybridized carbons (Fsp3) is 0.333. The lowest BCUT2D eigenvalue weighted by Crippen LogP contribution is -2.52. The molecule has 31 heavy (non-hydrogen) atoms. The zero-order valence-electron chi connectivity index (χ0n) is 17.1. The molecule has 7 heteroatoms. The second kappa shape index (κ2) is 7.65. The van der Waals surface area contributed by atoms with Crippen LogP contribution in [0.25, 0.3) is 0 Å². The van der Waals surface area contributed by atoms with E-state index in [0.717, 1.165) is 18.4 Å². The van der Waals surface area contributed by atoms with Gasteiger partial charge in [0.1, 0.15) is 6.04 Å². The molecule has 0 saturated carbocycles. The standard InChI is InChI=1S/C24H23N3O4/c28-21-8-7-20(22(29)25-21)27-14-18-13-17(5-6-19(18)24(27)31)23(30)26-11-9-15-3-1-2-4-16(15)10-12-26/h1-6,13,20H,7-12,14H2,(H,25,28,29). The number of imide groups is 1. The normalized spacial score (nSPS) is 20.8. The molecule has 0 aliphatic carbocycles. The van der Waals surface area contributed by atoms with Crippen LogP contribution in [-0.4, -0.2) is 52.6 Å². The van der Waals surface area contributed by atoms with Gasteiger partial charge in [0.15, 0.2) is 0 Å². The number of carbonyl (C=O) groups excluding carboxylic acids is 4. The number of nitrogens with one attached hydrogen (secondary N) is 1. The van der Waals surface area contributed by atoms with Crippen LogP contribution in [0.5, 0.6) is 0 Å². The van der Waals surface area contributed by atoms with Crippen LogP contribution < -0.4 is 5.32 Å². The molecule has 1 atom stereocenters. The molecule has 0 bridgehead atoms. The number of piperidine rings is 1. The Labute approximate surface area is 180 Å². The number of amides is 4. The predicted molar refractivity (Wildman–Crippen MR) is 112 cm³/mol. The first-order valence-electron chi connectivity index (χ1n) is 10.6. The number of rotatable bonds is 2. The summed E-state index contributed by atoms with van der Waals surface area (Å²) >= 11 is 0. The van der Waals surface area contributed by atoms with Gasteiger partial charge < -0.3 is 9.80 Å². The highest BCUT2D eigenvalue weighted by atomic mass is 16.2. The van der Waals surface area contributed by atoms with Crippen molar-refractivity contribution in [1.29, 1.82) is 0 Å². The van der Waals surface area contributed by atoms with Gasteiger partial charge in [-0.2, -0.15) is 0 Å². The van der Waals surface area contributed by atoms with Crippen molar-refractivity contribution in [1.82, 2.24) is 15.1 Å². The molecule has 0 spiro atoms. The Morgan fingerprint density at radius 2 is 1.61 bits per heavy atom. The van der Waals surface area contributed by atoms with Gasteiger partial charge in [0.2, 0.25) is 11.8 Å². The highest BCUT2D eigenvalue weighted by Crippen LogP contribution is 2.29. The maximum absolute atomic E-state index is 13.2. The van der Waals surface area contributed by atoms with E-state index in [1.54, 1.807) is 18.2 Å². The van der Waals surface area contributed by atoms with Crippen molar-refractivity contribution in [3.8, 4) is 0 Å². The summed E-state index contributed by atoms with van der Waals surface area (Å²) in [5, 5.41) is 2.31. The van der Waals surface area contributed by atoms with Crippen molar-refractivity contribution in [2.45, 2.75) is 38.3 Å². The van der Waals surface area contributed by atoms with Gasteiger partial charge in [-0.15, -0.1) is 0 Å². The van der Waals surface area contributed by atoms with Crippen LogP contribution in [0.2, 0.25) is 0 Å². The van der Waals surface area contributed by atoms with E-state index in [1.165, 1.54) is 16.0 Å². The molecule has 0 radical (unpaired) electrons. The number of nitrogens with zero attached hydrogens (tertiary/aromatic N) is 2. The monoisotopic (exact) mass is 417 g/mol. The van der Waals surface area contributed by atoms with Crippen LogP contribution in [-0.2, 0) is 29.0 Å². The Bertz CT molecular complexity index is 1080. The van der Waals surface area contributed by atoms with Gasteiger partial charge in [-0.25, -0.2) is 0 Å². The van der Waals surface area contributed by atoms with Crippen molar-refractivity contribution in [2.24, 2.45) is 0 Å². The Hall–Kier alpha value is -3.48. The smallest absolute Gasteiger partial charge is 0.255 e. The number of carbonyl (C=O) groups is 4. The molecule has 1 N–H and O–H groups in total. The molecule has 7 nitrogen and oxygen atoms in total. The molecule has 1 saturated heterocycles. The van der Waals surface area contributed by atoms with Gasteiger partial charge in [0, 0.05) is 37.2 Å². The number of hydrogen-bond donors (Lipinski definition) is 1. The molecule has 1 fully saturated rings. The predicted octanol–water partition coefficient (Wildman–Crippen LogP) is 1.69. The third-order valence-corrected chi connectivity index (χ3v) is 6.48. The molecule has 1 unspecified atom stereocenters. The van der Waals surface area contributed by atoms with E-state index < -0.39 is 11.9 Å². The summed E-state index contributed by atoms with van der Waals surface area (Å²) in [6.45, 7) is 1.59. The maximum Gasteiger partial charge on any atom is 0.255 e. The zero-order chi connectivity index (χ0) is 21.5. The number of benzene rings is 2. The first kappa shape index (κ1) is 19.5. The minimum absolute atomic E-state index is 0.0393. The van der Waals surface area contributed by atoms with Crippen molar-refractivity contribution < 1.29 is 19.2 Å². The SMILES string of the molecule is O=C1CCC(N2Cc3cc(C(=O)N4CCc5ccccc5CC4)ccc3C2=O)C(=O)N1. The first-order chi connectivity index (χ1) is 15.0. The van der Waals surface area contributed by atoms with Crippen LogP contribution in [0.1, 0.15) is 50.2 Å². The molecule has 3 aliphatic heterocycles. The summed E-state index contributed by atoms with van der Waals surface area (Å²) < 4.78 is 0. The third-order valence-electron chi connectivity index (χ3n) is 6.48. The van der Waals surface area contributed by atoms with Gasteiger partial charge in [0.05, 0.1) is 0 Å². The second-order valence-corrected chi connectivity index (χ2v) is 8.33. The van der Waals surface area contributed by atoms with Gasteiger partial charge in [0.25, 0.3) is 11.8 Å². The minimum Gasteiger partial charge on any atom is -0.338 e. The Morgan fingerprint density at radius 3 is 2.29 bits per heavy atom. The van der Waals surface area contributed by atoms with Gasteiger partial charge in [-0.3, -0.25) is 24.5 Å². The Kier molecular flexibility index (Phi) is 4.81. The summed E-state index contributed by atoms with van der Waals surface area (Å²) in [5.41, 5.74) is 4.40. The van der Waals surface area contributed by atoms with Gasteiger partial charge >= 0.3 is 0 Å². The fourth-order valence-electron chi connectivity index (χ4n) is 4.76. The second-order valence-electron chi connectivity index (χ2n) is 8.33. The van der Waals surface area contributed by atoms with Crippen LogP contribution in [0.15, 0.2) is 42.5 Å². The van der Waals surface area contributed by atoms with Crippen LogP contribution >= 0.6 is 0 Å². The van der Waals surface area contributed by atoms with E-state index in [1.807, 2.05) is 17.0 Å². The summed E-state index contributed by atoms with van der Waals surface area (Å²) in [6.07, 6.45) is 2.20. The summed E-state index contributed by atoms with van der Waals surface area (Å²) in [4.78, 5) is 53.0. The highest BCUT2D eigenvalue weighted by Gasteiger charge is 2.39. The Balaban J connectivity index is 1.33. The largest absolute Gasteiger partial charge is 0.338 e. The van der Waals surface area contributed by atoms with Crippen molar-refractivity contribution in [2.75, 3.05) is 13.1 Å². The third kappa shape index (κ3) is 3.50. The Morgan fingerprint density at radius 1 is 0.903 bits per heavy atom.